The molecule has 1 fully saturated rings. The van der Waals surface area contributed by atoms with E-state index in [-0.39, 0.29) is 11.8 Å². The van der Waals surface area contributed by atoms with Gasteiger partial charge in [0.25, 0.3) is 0 Å². The number of hydrogen-bond donors (Lipinski definition) is 1. The summed E-state index contributed by atoms with van der Waals surface area (Å²) in [6, 6.07) is 4.79. The van der Waals surface area contributed by atoms with Crippen LogP contribution in [0.1, 0.15) is 24.5 Å². The van der Waals surface area contributed by atoms with Crippen molar-refractivity contribution in [2.75, 3.05) is 6.54 Å². The van der Waals surface area contributed by atoms with Gasteiger partial charge in [0.2, 0.25) is 5.91 Å². The van der Waals surface area contributed by atoms with Crippen molar-refractivity contribution in [1.29, 1.82) is 0 Å². The largest absolute Gasteiger partial charge is 0.480 e. The SMILES string of the molecule is Cc1ccc(/C=C/C(=O)N2CCC(C)C2C(=O)O)cc1Cl. The summed E-state index contributed by atoms with van der Waals surface area (Å²) in [7, 11) is 0. The third kappa shape index (κ3) is 3.45. The molecule has 1 heterocycles. The van der Waals surface area contributed by atoms with Gasteiger partial charge in [0.1, 0.15) is 6.04 Å². The summed E-state index contributed by atoms with van der Waals surface area (Å²) in [4.78, 5) is 24.8. The second-order valence-corrected chi connectivity index (χ2v) is 5.83. The molecule has 1 aliphatic rings. The van der Waals surface area contributed by atoms with Crippen molar-refractivity contribution in [3.8, 4) is 0 Å². The van der Waals surface area contributed by atoms with Crippen LogP contribution < -0.4 is 0 Å². The van der Waals surface area contributed by atoms with Crippen molar-refractivity contribution in [2.45, 2.75) is 26.3 Å². The smallest absolute Gasteiger partial charge is 0.326 e. The summed E-state index contributed by atoms with van der Waals surface area (Å²) in [6.07, 6.45) is 3.79. The van der Waals surface area contributed by atoms with Crippen LogP contribution in [0.25, 0.3) is 6.08 Å². The highest BCUT2D eigenvalue weighted by molar-refractivity contribution is 6.31. The molecular formula is C16H18ClNO3. The van der Waals surface area contributed by atoms with Crippen molar-refractivity contribution >= 4 is 29.6 Å². The maximum Gasteiger partial charge on any atom is 0.326 e. The minimum Gasteiger partial charge on any atom is -0.480 e. The van der Waals surface area contributed by atoms with Gasteiger partial charge in [0, 0.05) is 17.6 Å². The van der Waals surface area contributed by atoms with E-state index in [9.17, 15) is 14.7 Å². The quantitative estimate of drug-likeness (QED) is 0.873. The highest BCUT2D eigenvalue weighted by Crippen LogP contribution is 2.24. The van der Waals surface area contributed by atoms with Gasteiger partial charge in [-0.05, 0) is 42.5 Å². The van der Waals surface area contributed by atoms with Gasteiger partial charge in [-0.1, -0.05) is 30.7 Å². The standard InChI is InChI=1S/C16H18ClNO3/c1-10-3-4-12(9-13(10)17)5-6-14(19)18-8-7-11(2)15(18)16(20)21/h3-6,9,11,15H,7-8H2,1-2H3,(H,20,21)/b6-5+. The molecule has 1 aromatic carbocycles. The van der Waals surface area contributed by atoms with Gasteiger partial charge in [-0.15, -0.1) is 0 Å². The Bertz CT molecular complexity index is 597. The number of aryl methyl sites for hydroxylation is 1. The number of carboxylic acid groups (broad SMARTS) is 1. The number of aliphatic carboxylic acids is 1. The zero-order valence-electron chi connectivity index (χ0n) is 12.0. The molecule has 2 rings (SSSR count). The Balaban J connectivity index is 2.12. The Morgan fingerprint density at radius 1 is 1.43 bits per heavy atom. The fourth-order valence-electron chi connectivity index (χ4n) is 2.55. The highest BCUT2D eigenvalue weighted by atomic mass is 35.5. The molecule has 0 aliphatic carbocycles. The molecule has 0 aromatic heterocycles. The van der Waals surface area contributed by atoms with Crippen LogP contribution in [0.5, 0.6) is 0 Å². The minimum atomic E-state index is -0.944. The molecular weight excluding hydrogens is 290 g/mol. The molecule has 2 unspecified atom stereocenters. The number of likely N-dealkylation sites (tertiary alicyclic amines) is 1. The lowest BCUT2D eigenvalue weighted by molar-refractivity contribution is -0.147. The van der Waals surface area contributed by atoms with Crippen LogP contribution in [0, 0.1) is 12.8 Å². The van der Waals surface area contributed by atoms with E-state index in [0.29, 0.717) is 18.0 Å². The summed E-state index contributed by atoms with van der Waals surface area (Å²) in [5.74, 6) is -1.24. The molecule has 1 N–H and O–H groups in total. The lowest BCUT2D eigenvalue weighted by atomic mass is 10.0. The van der Waals surface area contributed by atoms with E-state index in [2.05, 4.69) is 0 Å². The molecule has 1 amide bonds. The number of carbonyl (C=O) groups excluding carboxylic acids is 1. The molecule has 1 aromatic rings. The molecule has 21 heavy (non-hydrogen) atoms. The van der Waals surface area contributed by atoms with Crippen LogP contribution in [-0.2, 0) is 9.59 Å². The van der Waals surface area contributed by atoms with Gasteiger partial charge in [-0.3, -0.25) is 4.79 Å². The first kappa shape index (κ1) is 15.6. The van der Waals surface area contributed by atoms with Gasteiger partial charge in [0.15, 0.2) is 0 Å². The molecule has 0 radical (unpaired) electrons. The fourth-order valence-corrected chi connectivity index (χ4v) is 2.74. The van der Waals surface area contributed by atoms with E-state index in [1.54, 1.807) is 12.1 Å². The first-order valence-corrected chi connectivity index (χ1v) is 7.25. The summed E-state index contributed by atoms with van der Waals surface area (Å²) in [6.45, 7) is 4.25. The van der Waals surface area contributed by atoms with Gasteiger partial charge in [-0.25, -0.2) is 4.79 Å². The minimum absolute atomic E-state index is 0.0198. The summed E-state index contributed by atoms with van der Waals surface area (Å²) in [5.41, 5.74) is 1.79. The topological polar surface area (TPSA) is 57.6 Å². The second kappa shape index (κ2) is 6.31. The number of rotatable bonds is 3. The number of halogens is 1. The monoisotopic (exact) mass is 307 g/mol. The third-order valence-corrected chi connectivity index (χ3v) is 4.26. The number of amides is 1. The van der Waals surface area contributed by atoms with Gasteiger partial charge in [-0.2, -0.15) is 0 Å². The molecule has 5 heteroatoms. The zero-order valence-corrected chi connectivity index (χ0v) is 12.8. The van der Waals surface area contributed by atoms with E-state index < -0.39 is 12.0 Å². The Kier molecular flexibility index (Phi) is 4.68. The zero-order chi connectivity index (χ0) is 15.6. The van der Waals surface area contributed by atoms with Crippen LogP contribution in [-0.4, -0.2) is 34.5 Å². The highest BCUT2D eigenvalue weighted by Gasteiger charge is 2.38. The van der Waals surface area contributed by atoms with E-state index in [0.717, 1.165) is 11.1 Å². The van der Waals surface area contributed by atoms with Crippen LogP contribution in [0.15, 0.2) is 24.3 Å². The van der Waals surface area contributed by atoms with Crippen LogP contribution in [0.3, 0.4) is 0 Å². The van der Waals surface area contributed by atoms with Crippen molar-refractivity contribution in [1.82, 2.24) is 4.90 Å². The Hall–Kier alpha value is -1.81. The summed E-state index contributed by atoms with van der Waals surface area (Å²) >= 11 is 6.03. The van der Waals surface area contributed by atoms with E-state index in [1.807, 2.05) is 26.0 Å². The number of nitrogens with zero attached hydrogens (tertiary/aromatic N) is 1. The number of benzene rings is 1. The predicted octanol–water partition coefficient (Wildman–Crippen LogP) is 2.98. The maximum atomic E-state index is 12.2. The molecule has 112 valence electrons. The predicted molar refractivity (Wildman–Crippen MR) is 82.1 cm³/mol. The number of carboxylic acids is 1. The van der Waals surface area contributed by atoms with Crippen molar-refractivity contribution < 1.29 is 14.7 Å². The average molecular weight is 308 g/mol. The van der Waals surface area contributed by atoms with Crippen molar-refractivity contribution in [2.24, 2.45) is 5.92 Å². The second-order valence-electron chi connectivity index (χ2n) is 5.42. The molecule has 0 spiro atoms. The van der Waals surface area contributed by atoms with E-state index in [4.69, 9.17) is 11.6 Å². The van der Waals surface area contributed by atoms with E-state index >= 15 is 0 Å². The summed E-state index contributed by atoms with van der Waals surface area (Å²) in [5, 5.41) is 9.86. The number of carbonyl (C=O) groups is 2. The lowest BCUT2D eigenvalue weighted by Gasteiger charge is -2.21. The van der Waals surface area contributed by atoms with Gasteiger partial charge >= 0.3 is 5.97 Å². The van der Waals surface area contributed by atoms with Crippen molar-refractivity contribution in [3.05, 3.63) is 40.4 Å². The van der Waals surface area contributed by atoms with E-state index in [1.165, 1.54) is 11.0 Å². The normalized spacial score (nSPS) is 22.0. The third-order valence-electron chi connectivity index (χ3n) is 3.85. The van der Waals surface area contributed by atoms with Gasteiger partial charge in [0.05, 0.1) is 0 Å². The molecule has 1 saturated heterocycles. The Morgan fingerprint density at radius 3 is 2.76 bits per heavy atom. The first-order valence-electron chi connectivity index (χ1n) is 6.88. The van der Waals surface area contributed by atoms with Crippen LogP contribution in [0.4, 0.5) is 0 Å². The maximum absolute atomic E-state index is 12.2. The Labute approximate surface area is 129 Å². The van der Waals surface area contributed by atoms with Gasteiger partial charge < -0.3 is 10.0 Å². The fraction of sp³-hybridized carbons (Fsp3) is 0.375. The van der Waals surface area contributed by atoms with Crippen LogP contribution in [0.2, 0.25) is 5.02 Å². The molecule has 0 bridgehead atoms. The lowest BCUT2D eigenvalue weighted by Crippen LogP contribution is -2.42. The van der Waals surface area contributed by atoms with Crippen molar-refractivity contribution in [3.63, 3.8) is 0 Å². The molecule has 2 atom stereocenters. The van der Waals surface area contributed by atoms with Crippen LogP contribution >= 0.6 is 11.6 Å². The molecule has 0 saturated carbocycles. The Morgan fingerprint density at radius 2 is 2.14 bits per heavy atom. The average Bonchev–Trinajstić information content (AvgIpc) is 2.82. The first-order chi connectivity index (χ1) is 9.90. The molecule has 4 nitrogen and oxygen atoms in total. The number of hydrogen-bond acceptors (Lipinski definition) is 2. The molecule has 1 aliphatic heterocycles. The summed E-state index contributed by atoms with van der Waals surface area (Å²) < 4.78 is 0.